The van der Waals surface area contributed by atoms with Crippen LogP contribution < -0.4 is 11.4 Å². The number of H-pyrrole nitrogens is 1. The van der Waals surface area contributed by atoms with E-state index in [4.69, 9.17) is 10.8 Å². The van der Waals surface area contributed by atoms with Crippen molar-refractivity contribution in [1.82, 2.24) is 14.8 Å². The fraction of sp³-hybridized carbons (Fsp3) is 0.778. The van der Waals surface area contributed by atoms with E-state index in [0.29, 0.717) is 11.7 Å². The molecule has 1 rings (SSSR count). The molecule has 0 fully saturated rings. The molecular formula is C9H18N4O2S. The van der Waals surface area contributed by atoms with Crippen LogP contribution in [0.5, 0.6) is 0 Å². The number of nitrogens with two attached hydrogens (primary N) is 1. The van der Waals surface area contributed by atoms with Crippen LogP contribution in [-0.4, -0.2) is 37.8 Å². The van der Waals surface area contributed by atoms with Crippen LogP contribution in [0.3, 0.4) is 0 Å². The summed E-state index contributed by atoms with van der Waals surface area (Å²) in [6, 6.07) is -0.156. The second-order valence-electron chi connectivity index (χ2n) is 3.66. The van der Waals surface area contributed by atoms with Crippen LogP contribution in [-0.2, 0) is 6.54 Å². The third-order valence-corrected chi connectivity index (χ3v) is 3.60. The second kappa shape index (κ2) is 6.07. The standard InChI is InChI=1S/C9H18N4O2S/c1-3-4-13-8(15)11-12-9(13)16-7(5-14)6(2)10/h6-7,14H,3-5,10H2,1-2H3,(H,11,15). The molecule has 0 bridgehead atoms. The Labute approximate surface area is 98.2 Å². The van der Waals surface area contributed by atoms with E-state index in [1.165, 1.54) is 11.8 Å². The number of aliphatic hydroxyl groups excluding tert-OH is 1. The minimum absolute atomic E-state index is 0.0322. The highest BCUT2D eigenvalue weighted by Gasteiger charge is 2.18. The van der Waals surface area contributed by atoms with E-state index in [0.717, 1.165) is 6.42 Å². The fourth-order valence-corrected chi connectivity index (χ4v) is 2.22. The summed E-state index contributed by atoms with van der Waals surface area (Å²) in [7, 11) is 0. The molecule has 2 unspecified atom stereocenters. The van der Waals surface area contributed by atoms with Gasteiger partial charge in [-0.2, -0.15) is 0 Å². The van der Waals surface area contributed by atoms with Gasteiger partial charge >= 0.3 is 5.69 Å². The maximum Gasteiger partial charge on any atom is 0.343 e. The number of nitrogens with one attached hydrogen (secondary N) is 1. The lowest BCUT2D eigenvalue weighted by atomic mass is 10.3. The molecule has 1 aromatic rings. The van der Waals surface area contributed by atoms with Crippen molar-refractivity contribution >= 4 is 11.8 Å². The van der Waals surface area contributed by atoms with Crippen LogP contribution in [0.1, 0.15) is 20.3 Å². The third kappa shape index (κ3) is 3.10. The van der Waals surface area contributed by atoms with Gasteiger partial charge in [-0.1, -0.05) is 18.7 Å². The number of thioether (sulfide) groups is 1. The van der Waals surface area contributed by atoms with E-state index in [1.807, 2.05) is 13.8 Å². The zero-order chi connectivity index (χ0) is 12.1. The molecule has 1 aromatic heterocycles. The van der Waals surface area contributed by atoms with Crippen molar-refractivity contribution in [2.75, 3.05) is 6.61 Å². The van der Waals surface area contributed by atoms with E-state index >= 15 is 0 Å². The zero-order valence-corrected chi connectivity index (χ0v) is 10.3. The van der Waals surface area contributed by atoms with Gasteiger partial charge in [0, 0.05) is 12.6 Å². The average Bonchev–Trinajstić information content (AvgIpc) is 2.57. The van der Waals surface area contributed by atoms with Crippen LogP contribution in [0, 0.1) is 0 Å². The Kier molecular flexibility index (Phi) is 5.04. The zero-order valence-electron chi connectivity index (χ0n) is 9.51. The molecule has 4 N–H and O–H groups in total. The summed E-state index contributed by atoms with van der Waals surface area (Å²) in [6.07, 6.45) is 0.856. The van der Waals surface area contributed by atoms with Gasteiger partial charge in [0.15, 0.2) is 5.16 Å². The molecule has 0 aliphatic rings. The number of hydrogen-bond donors (Lipinski definition) is 3. The number of hydrogen-bond acceptors (Lipinski definition) is 5. The number of aromatic amines is 1. The Morgan fingerprint density at radius 3 is 2.88 bits per heavy atom. The molecule has 0 spiro atoms. The van der Waals surface area contributed by atoms with E-state index in [2.05, 4.69) is 10.2 Å². The molecule has 16 heavy (non-hydrogen) atoms. The second-order valence-corrected chi connectivity index (χ2v) is 4.87. The van der Waals surface area contributed by atoms with Crippen molar-refractivity contribution < 1.29 is 5.11 Å². The number of aliphatic hydroxyl groups is 1. The predicted molar refractivity (Wildman–Crippen MR) is 63.5 cm³/mol. The minimum Gasteiger partial charge on any atom is -0.395 e. The monoisotopic (exact) mass is 246 g/mol. The smallest absolute Gasteiger partial charge is 0.343 e. The summed E-state index contributed by atoms with van der Waals surface area (Å²) in [4.78, 5) is 11.4. The molecule has 0 amide bonds. The van der Waals surface area contributed by atoms with Gasteiger partial charge in [-0.05, 0) is 13.3 Å². The molecule has 0 aromatic carbocycles. The normalized spacial score (nSPS) is 15.0. The highest BCUT2D eigenvalue weighted by atomic mass is 32.2. The third-order valence-electron chi connectivity index (χ3n) is 2.19. The maximum atomic E-state index is 11.4. The van der Waals surface area contributed by atoms with E-state index in [1.54, 1.807) is 4.57 Å². The number of rotatable bonds is 6. The lowest BCUT2D eigenvalue weighted by Gasteiger charge is -2.16. The van der Waals surface area contributed by atoms with Gasteiger partial charge in [0.05, 0.1) is 11.9 Å². The molecule has 6 nitrogen and oxygen atoms in total. The molecule has 0 saturated heterocycles. The SMILES string of the molecule is CCCn1c(SC(CO)C(C)N)n[nH]c1=O. The topological polar surface area (TPSA) is 96.9 Å². The van der Waals surface area contributed by atoms with Crippen LogP contribution >= 0.6 is 11.8 Å². The summed E-state index contributed by atoms with van der Waals surface area (Å²) in [5, 5.41) is 15.9. The summed E-state index contributed by atoms with van der Waals surface area (Å²) in [5.74, 6) is 0. The molecule has 1 heterocycles. The van der Waals surface area contributed by atoms with Crippen molar-refractivity contribution in [1.29, 1.82) is 0 Å². The van der Waals surface area contributed by atoms with Gasteiger partial charge in [0.1, 0.15) is 0 Å². The van der Waals surface area contributed by atoms with Gasteiger partial charge < -0.3 is 10.8 Å². The van der Waals surface area contributed by atoms with Gasteiger partial charge in [0.25, 0.3) is 0 Å². The van der Waals surface area contributed by atoms with Gasteiger partial charge in [0.2, 0.25) is 0 Å². The number of nitrogens with zero attached hydrogens (tertiary/aromatic N) is 2. The Hall–Kier alpha value is -0.790. The van der Waals surface area contributed by atoms with E-state index in [-0.39, 0.29) is 23.6 Å². The molecule has 92 valence electrons. The lowest BCUT2D eigenvalue weighted by Crippen LogP contribution is -2.32. The van der Waals surface area contributed by atoms with Crippen molar-refractivity contribution in [3.8, 4) is 0 Å². The van der Waals surface area contributed by atoms with E-state index < -0.39 is 0 Å². The summed E-state index contributed by atoms with van der Waals surface area (Å²) >= 11 is 1.33. The summed E-state index contributed by atoms with van der Waals surface area (Å²) < 4.78 is 1.57. The Bertz CT molecular complexity index is 374. The predicted octanol–water partition coefficient (Wildman–Crippen LogP) is -0.218. The van der Waals surface area contributed by atoms with Gasteiger partial charge in [-0.15, -0.1) is 5.10 Å². The quantitative estimate of drug-likeness (QED) is 0.603. The van der Waals surface area contributed by atoms with Crippen molar-refractivity contribution in [3.63, 3.8) is 0 Å². The summed E-state index contributed by atoms with van der Waals surface area (Å²) in [6.45, 7) is 4.40. The van der Waals surface area contributed by atoms with Crippen molar-refractivity contribution in [3.05, 3.63) is 10.5 Å². The highest BCUT2D eigenvalue weighted by Crippen LogP contribution is 2.21. The minimum atomic E-state index is -0.217. The van der Waals surface area contributed by atoms with Gasteiger partial charge in [-0.3, -0.25) is 4.57 Å². The summed E-state index contributed by atoms with van der Waals surface area (Å²) in [5.41, 5.74) is 5.50. The molecule has 7 heteroatoms. The molecule has 2 atom stereocenters. The van der Waals surface area contributed by atoms with Crippen LogP contribution in [0.4, 0.5) is 0 Å². The Balaban J connectivity index is 2.83. The highest BCUT2D eigenvalue weighted by molar-refractivity contribution is 7.99. The van der Waals surface area contributed by atoms with Crippen molar-refractivity contribution in [2.45, 2.75) is 43.3 Å². The molecule has 0 aliphatic carbocycles. The van der Waals surface area contributed by atoms with E-state index in [9.17, 15) is 4.79 Å². The lowest BCUT2D eigenvalue weighted by molar-refractivity contribution is 0.285. The fourth-order valence-electron chi connectivity index (χ4n) is 1.26. The molecule has 0 radical (unpaired) electrons. The average molecular weight is 246 g/mol. The molecule has 0 aliphatic heterocycles. The Morgan fingerprint density at radius 2 is 2.38 bits per heavy atom. The molecule has 0 saturated carbocycles. The number of aromatic nitrogens is 3. The maximum absolute atomic E-state index is 11.4. The van der Waals surface area contributed by atoms with Crippen LogP contribution in [0.2, 0.25) is 0 Å². The van der Waals surface area contributed by atoms with Gasteiger partial charge in [-0.25, -0.2) is 9.89 Å². The van der Waals surface area contributed by atoms with Crippen molar-refractivity contribution in [2.24, 2.45) is 5.73 Å². The first-order valence-corrected chi connectivity index (χ1v) is 6.16. The Morgan fingerprint density at radius 1 is 1.69 bits per heavy atom. The first kappa shape index (κ1) is 13.3. The van der Waals surface area contributed by atoms with Crippen LogP contribution in [0.25, 0.3) is 0 Å². The first-order chi connectivity index (χ1) is 7.60. The van der Waals surface area contributed by atoms with Crippen LogP contribution in [0.15, 0.2) is 9.95 Å². The largest absolute Gasteiger partial charge is 0.395 e. The first-order valence-electron chi connectivity index (χ1n) is 5.28. The molecular weight excluding hydrogens is 228 g/mol.